The summed E-state index contributed by atoms with van der Waals surface area (Å²) in [5.41, 5.74) is 0. The van der Waals surface area contributed by atoms with Gasteiger partial charge in [-0.15, -0.1) is 0 Å². The van der Waals surface area contributed by atoms with Crippen LogP contribution in [0.2, 0.25) is 0 Å². The van der Waals surface area contributed by atoms with E-state index in [2.05, 4.69) is 9.47 Å². The molecule has 0 aromatic heterocycles. The summed E-state index contributed by atoms with van der Waals surface area (Å²) in [4.78, 5) is 57.1. The molecule has 9 heteroatoms. The van der Waals surface area contributed by atoms with Gasteiger partial charge in [-0.1, -0.05) is 0 Å². The van der Waals surface area contributed by atoms with E-state index in [0.29, 0.717) is 9.80 Å². The highest BCUT2D eigenvalue weighted by atomic mass is 16.5. The summed E-state index contributed by atoms with van der Waals surface area (Å²) < 4.78 is 8.55. The third-order valence-electron chi connectivity index (χ3n) is 2.16. The molecule has 0 spiro atoms. The highest BCUT2D eigenvalue weighted by Gasteiger charge is 2.46. The Morgan fingerprint density at radius 1 is 0.889 bits per heavy atom. The van der Waals surface area contributed by atoms with Gasteiger partial charge in [0.25, 0.3) is 0 Å². The van der Waals surface area contributed by atoms with Gasteiger partial charge in [0.05, 0.1) is 14.2 Å². The van der Waals surface area contributed by atoms with Gasteiger partial charge in [-0.25, -0.2) is 14.6 Å². The lowest BCUT2D eigenvalue weighted by Crippen LogP contribution is -2.39. The number of urea groups is 1. The van der Waals surface area contributed by atoms with Crippen molar-refractivity contribution in [2.24, 2.45) is 0 Å². The minimum Gasteiger partial charge on any atom is -0.468 e. The molecule has 0 aromatic carbocycles. The average molecular weight is 258 g/mol. The molecular weight excluding hydrogens is 248 g/mol. The van der Waals surface area contributed by atoms with E-state index >= 15 is 0 Å². The second kappa shape index (κ2) is 5.25. The van der Waals surface area contributed by atoms with Gasteiger partial charge >= 0.3 is 29.8 Å². The van der Waals surface area contributed by atoms with Crippen LogP contribution in [0.5, 0.6) is 0 Å². The highest BCUT2D eigenvalue weighted by Crippen LogP contribution is 2.11. The lowest BCUT2D eigenvalue weighted by atomic mass is 10.5. The Balaban J connectivity index is 2.83. The fourth-order valence-electron chi connectivity index (χ4n) is 1.22. The van der Waals surface area contributed by atoms with E-state index in [4.69, 9.17) is 0 Å². The minimum atomic E-state index is -1.19. The molecular formula is C9H10N2O7. The summed E-state index contributed by atoms with van der Waals surface area (Å²) in [7, 11) is 2.14. The first-order valence-corrected chi connectivity index (χ1v) is 4.73. The van der Waals surface area contributed by atoms with Crippen molar-refractivity contribution in [1.29, 1.82) is 0 Å². The predicted octanol–water partition coefficient (Wildman–Crippen LogP) is -1.88. The van der Waals surface area contributed by atoms with Crippen molar-refractivity contribution < 1.29 is 33.4 Å². The molecule has 0 radical (unpaired) electrons. The molecule has 1 fully saturated rings. The van der Waals surface area contributed by atoms with Crippen molar-refractivity contribution in [2.75, 3.05) is 27.3 Å². The van der Waals surface area contributed by atoms with E-state index in [9.17, 15) is 24.0 Å². The topological polar surface area (TPSA) is 110 Å². The molecule has 18 heavy (non-hydrogen) atoms. The van der Waals surface area contributed by atoms with Crippen LogP contribution in [0.4, 0.5) is 4.79 Å². The van der Waals surface area contributed by atoms with Crippen molar-refractivity contribution in [3.8, 4) is 0 Å². The van der Waals surface area contributed by atoms with Gasteiger partial charge in [0, 0.05) is 0 Å². The van der Waals surface area contributed by atoms with Crippen LogP contribution in [0, 0.1) is 0 Å². The smallest absolute Gasteiger partial charge is 0.335 e. The molecule has 9 nitrogen and oxygen atoms in total. The predicted molar refractivity (Wildman–Crippen MR) is 52.9 cm³/mol. The van der Waals surface area contributed by atoms with Gasteiger partial charge in [0.15, 0.2) is 0 Å². The van der Waals surface area contributed by atoms with Crippen molar-refractivity contribution in [3.05, 3.63) is 0 Å². The standard InChI is InChI=1S/C9H10N2O7/c1-17-5(12)3-10-7(14)8(15)11(9(10)16)4-6(13)18-2/h3-4H2,1-2H3. The minimum absolute atomic E-state index is 0.400. The average Bonchev–Trinajstić information content (AvgIpc) is 2.55. The van der Waals surface area contributed by atoms with E-state index in [1.807, 2.05) is 0 Å². The van der Waals surface area contributed by atoms with Gasteiger partial charge < -0.3 is 9.47 Å². The zero-order valence-corrected chi connectivity index (χ0v) is 9.67. The number of hydrogen-bond donors (Lipinski definition) is 0. The summed E-state index contributed by atoms with van der Waals surface area (Å²) in [5.74, 6) is -4.09. The molecule has 0 N–H and O–H groups in total. The van der Waals surface area contributed by atoms with Gasteiger partial charge in [-0.2, -0.15) is 0 Å². The summed E-state index contributed by atoms with van der Waals surface area (Å²) in [6.45, 7) is -1.37. The molecule has 0 saturated carbocycles. The van der Waals surface area contributed by atoms with Gasteiger partial charge in [-0.05, 0) is 0 Å². The zero-order valence-electron chi connectivity index (χ0n) is 9.67. The Kier molecular flexibility index (Phi) is 3.97. The molecule has 98 valence electrons. The van der Waals surface area contributed by atoms with Crippen LogP contribution in [-0.4, -0.2) is 66.9 Å². The summed E-state index contributed by atoms with van der Waals surface area (Å²) in [6.07, 6.45) is 0. The fourth-order valence-corrected chi connectivity index (χ4v) is 1.22. The van der Waals surface area contributed by atoms with Crippen LogP contribution < -0.4 is 0 Å². The molecule has 1 aliphatic heterocycles. The lowest BCUT2D eigenvalue weighted by Gasteiger charge is -2.13. The van der Waals surface area contributed by atoms with E-state index in [1.54, 1.807) is 0 Å². The number of nitrogens with zero attached hydrogens (tertiary/aromatic N) is 2. The number of carbonyl (C=O) groups is 5. The summed E-state index contributed by atoms with van der Waals surface area (Å²) >= 11 is 0. The molecule has 0 aromatic rings. The highest BCUT2D eigenvalue weighted by molar-refractivity contribution is 6.45. The molecule has 1 heterocycles. The number of methoxy groups -OCH3 is 2. The van der Waals surface area contributed by atoms with Crippen molar-refractivity contribution >= 4 is 29.8 Å². The van der Waals surface area contributed by atoms with Gasteiger partial charge in [0.1, 0.15) is 13.1 Å². The van der Waals surface area contributed by atoms with Crippen LogP contribution in [-0.2, 0) is 28.7 Å². The van der Waals surface area contributed by atoms with Gasteiger partial charge in [0.2, 0.25) is 0 Å². The molecule has 4 amide bonds. The number of carbonyl (C=O) groups excluding carboxylic acids is 5. The maximum atomic E-state index is 11.6. The third kappa shape index (κ3) is 2.44. The molecule has 0 bridgehead atoms. The van der Waals surface area contributed by atoms with Crippen molar-refractivity contribution in [3.63, 3.8) is 0 Å². The number of ether oxygens (including phenoxy) is 2. The SMILES string of the molecule is COC(=O)CN1C(=O)C(=O)N(CC(=O)OC)C1=O. The van der Waals surface area contributed by atoms with Crippen molar-refractivity contribution in [2.45, 2.75) is 0 Å². The first-order chi connectivity index (χ1) is 8.42. The Morgan fingerprint density at radius 3 is 1.50 bits per heavy atom. The van der Waals surface area contributed by atoms with Crippen LogP contribution in [0.1, 0.15) is 0 Å². The second-order valence-electron chi connectivity index (χ2n) is 3.22. The van der Waals surface area contributed by atoms with Crippen LogP contribution in [0.25, 0.3) is 0 Å². The quantitative estimate of drug-likeness (QED) is 0.330. The Labute approximate surface area is 101 Å². The van der Waals surface area contributed by atoms with Gasteiger partial charge in [-0.3, -0.25) is 19.2 Å². The van der Waals surface area contributed by atoms with Crippen LogP contribution in [0.3, 0.4) is 0 Å². The number of hydrogen-bond acceptors (Lipinski definition) is 7. The molecule has 0 aliphatic carbocycles. The number of rotatable bonds is 4. The number of amides is 4. The van der Waals surface area contributed by atoms with Crippen LogP contribution in [0.15, 0.2) is 0 Å². The summed E-state index contributed by atoms with van der Waals surface area (Å²) in [6, 6.07) is -1.05. The normalized spacial score (nSPS) is 15.1. The molecule has 1 saturated heterocycles. The Hall–Kier alpha value is -2.45. The monoisotopic (exact) mass is 258 g/mol. The maximum Gasteiger partial charge on any atom is 0.335 e. The Morgan fingerprint density at radius 2 is 1.22 bits per heavy atom. The largest absolute Gasteiger partial charge is 0.468 e. The lowest BCUT2D eigenvalue weighted by molar-refractivity contribution is -0.149. The fraction of sp³-hybridized carbons (Fsp3) is 0.444. The second-order valence-corrected chi connectivity index (χ2v) is 3.22. The third-order valence-corrected chi connectivity index (χ3v) is 2.16. The van der Waals surface area contributed by atoms with E-state index in [-0.39, 0.29) is 0 Å². The molecule has 0 unspecified atom stereocenters. The van der Waals surface area contributed by atoms with E-state index < -0.39 is 42.9 Å². The summed E-state index contributed by atoms with van der Waals surface area (Å²) in [5, 5.41) is 0. The zero-order chi connectivity index (χ0) is 13.9. The van der Waals surface area contributed by atoms with E-state index in [1.165, 1.54) is 0 Å². The van der Waals surface area contributed by atoms with E-state index in [0.717, 1.165) is 14.2 Å². The number of esters is 2. The molecule has 1 aliphatic rings. The molecule has 0 atom stereocenters. The molecule has 1 rings (SSSR count). The number of imide groups is 2. The Bertz CT molecular complexity index is 393. The maximum absolute atomic E-state index is 11.6. The first kappa shape index (κ1) is 13.6. The van der Waals surface area contributed by atoms with Crippen molar-refractivity contribution in [1.82, 2.24) is 9.80 Å². The first-order valence-electron chi connectivity index (χ1n) is 4.73. The van der Waals surface area contributed by atoms with Crippen LogP contribution >= 0.6 is 0 Å².